The topological polar surface area (TPSA) is 86.8 Å². The van der Waals surface area contributed by atoms with Crippen LogP contribution >= 0.6 is 11.6 Å². The van der Waals surface area contributed by atoms with Gasteiger partial charge in [-0.3, -0.25) is 13.9 Å². The largest absolute Gasteiger partial charge is 0.354 e. The Labute approximate surface area is 220 Å². The summed E-state index contributed by atoms with van der Waals surface area (Å²) in [5, 5.41) is 3.38. The number of nitrogens with one attached hydrogen (secondary N) is 1. The Morgan fingerprint density at radius 3 is 2.17 bits per heavy atom. The highest BCUT2D eigenvalue weighted by Crippen LogP contribution is 2.29. The van der Waals surface area contributed by atoms with Crippen LogP contribution in [0.3, 0.4) is 0 Å². The van der Waals surface area contributed by atoms with Crippen LogP contribution in [0, 0.1) is 5.92 Å². The Hall–Kier alpha value is -2.58. The Morgan fingerprint density at radius 1 is 1.00 bits per heavy atom. The van der Waals surface area contributed by atoms with Gasteiger partial charge in [-0.15, -0.1) is 0 Å². The molecule has 0 saturated carbocycles. The van der Waals surface area contributed by atoms with Gasteiger partial charge in [-0.25, -0.2) is 8.42 Å². The monoisotopic (exact) mass is 535 g/mol. The number of rotatable bonds is 12. The van der Waals surface area contributed by atoms with Crippen LogP contribution in [0.4, 0.5) is 5.69 Å². The number of halogens is 1. The van der Waals surface area contributed by atoms with Gasteiger partial charge in [0.05, 0.1) is 11.9 Å². The molecule has 1 atom stereocenters. The molecule has 2 aromatic carbocycles. The van der Waals surface area contributed by atoms with Gasteiger partial charge in [-0.1, -0.05) is 82.6 Å². The van der Waals surface area contributed by atoms with E-state index in [0.717, 1.165) is 16.1 Å². The lowest BCUT2D eigenvalue weighted by atomic mass is 10.0. The first-order valence-electron chi connectivity index (χ1n) is 12.2. The van der Waals surface area contributed by atoms with Crippen LogP contribution in [0.25, 0.3) is 0 Å². The van der Waals surface area contributed by atoms with Crippen LogP contribution in [0.15, 0.2) is 48.5 Å². The highest BCUT2D eigenvalue weighted by atomic mass is 35.5. The van der Waals surface area contributed by atoms with Crippen molar-refractivity contribution in [2.75, 3.05) is 23.7 Å². The molecule has 0 aliphatic carbocycles. The van der Waals surface area contributed by atoms with Crippen molar-refractivity contribution in [1.82, 2.24) is 10.2 Å². The van der Waals surface area contributed by atoms with Crippen molar-refractivity contribution in [2.45, 2.75) is 59.5 Å². The summed E-state index contributed by atoms with van der Waals surface area (Å²) in [7, 11) is -3.80. The second kappa shape index (κ2) is 13.1. The molecular formula is C27H38ClN3O4S. The maximum Gasteiger partial charge on any atom is 0.244 e. The molecule has 0 aromatic heterocycles. The van der Waals surface area contributed by atoms with Gasteiger partial charge in [0.2, 0.25) is 21.8 Å². The molecule has 1 N–H and O–H groups in total. The molecule has 0 heterocycles. The molecule has 2 amide bonds. The number of benzene rings is 2. The minimum Gasteiger partial charge on any atom is -0.354 e. The van der Waals surface area contributed by atoms with E-state index >= 15 is 0 Å². The van der Waals surface area contributed by atoms with Crippen LogP contribution in [-0.4, -0.2) is 50.5 Å². The standard InChI is InChI=1S/C27H38ClN3O4S/c1-7-24(27(33)29-16-19(2)3)30(17-21-12-8-10-14-23(21)28)26(32)18-31(36(6,34)35)25-15-11-9-13-22(25)20(4)5/h8-15,19-20,24H,7,16-18H2,1-6H3,(H,29,33)/t24-/m0/s1. The normalized spacial score (nSPS) is 12.5. The van der Waals surface area contributed by atoms with Gasteiger partial charge in [-0.05, 0) is 41.5 Å². The molecule has 0 aliphatic rings. The number of sulfonamides is 1. The van der Waals surface area contributed by atoms with Gasteiger partial charge < -0.3 is 10.2 Å². The van der Waals surface area contributed by atoms with Crippen LogP contribution in [0.1, 0.15) is 58.1 Å². The molecule has 0 aliphatic heterocycles. The summed E-state index contributed by atoms with van der Waals surface area (Å²) in [6.07, 6.45) is 1.45. The van der Waals surface area contributed by atoms with Crippen LogP contribution in [-0.2, 0) is 26.2 Å². The van der Waals surface area contributed by atoms with Gasteiger partial charge >= 0.3 is 0 Å². The second-order valence-electron chi connectivity index (χ2n) is 9.66. The van der Waals surface area contributed by atoms with E-state index in [1.807, 2.05) is 52.8 Å². The average Bonchev–Trinajstić information content (AvgIpc) is 2.81. The number of amides is 2. The summed E-state index contributed by atoms with van der Waals surface area (Å²) in [6, 6.07) is 13.5. The molecule has 0 unspecified atom stereocenters. The van der Waals surface area contributed by atoms with E-state index in [1.165, 1.54) is 4.90 Å². The van der Waals surface area contributed by atoms with E-state index in [2.05, 4.69) is 5.32 Å². The summed E-state index contributed by atoms with van der Waals surface area (Å²) in [4.78, 5) is 28.4. The van der Waals surface area contributed by atoms with Crippen molar-refractivity contribution in [3.05, 3.63) is 64.7 Å². The highest BCUT2D eigenvalue weighted by molar-refractivity contribution is 7.92. The molecule has 0 saturated heterocycles. The zero-order chi connectivity index (χ0) is 27.0. The lowest BCUT2D eigenvalue weighted by Gasteiger charge is -2.33. The smallest absolute Gasteiger partial charge is 0.244 e. The molecule has 198 valence electrons. The van der Waals surface area contributed by atoms with Gasteiger partial charge in [-0.2, -0.15) is 0 Å². The van der Waals surface area contributed by atoms with Crippen molar-refractivity contribution in [2.24, 2.45) is 5.92 Å². The zero-order valence-corrected chi connectivity index (χ0v) is 23.6. The number of hydrogen-bond donors (Lipinski definition) is 1. The fraction of sp³-hybridized carbons (Fsp3) is 0.481. The molecule has 0 bridgehead atoms. The SMILES string of the molecule is CC[C@@H](C(=O)NCC(C)C)N(Cc1ccccc1Cl)C(=O)CN(c1ccccc1C(C)C)S(C)(=O)=O. The van der Waals surface area contributed by atoms with E-state index in [9.17, 15) is 18.0 Å². The third-order valence-electron chi connectivity index (χ3n) is 5.88. The minimum absolute atomic E-state index is 0.0463. The minimum atomic E-state index is -3.80. The predicted molar refractivity (Wildman–Crippen MR) is 147 cm³/mol. The van der Waals surface area contributed by atoms with Gasteiger partial charge in [0.15, 0.2) is 0 Å². The van der Waals surface area contributed by atoms with Crippen LogP contribution in [0.5, 0.6) is 0 Å². The van der Waals surface area contributed by atoms with Gasteiger partial charge in [0.25, 0.3) is 0 Å². The van der Waals surface area contributed by atoms with Crippen molar-refractivity contribution in [1.29, 1.82) is 0 Å². The van der Waals surface area contributed by atoms with Crippen molar-refractivity contribution < 1.29 is 18.0 Å². The molecule has 0 radical (unpaired) electrons. The highest BCUT2D eigenvalue weighted by Gasteiger charge is 2.32. The molecule has 0 spiro atoms. The summed E-state index contributed by atoms with van der Waals surface area (Å²) in [5.74, 6) is -0.469. The van der Waals surface area contributed by atoms with Gasteiger partial charge in [0, 0.05) is 18.1 Å². The third-order valence-corrected chi connectivity index (χ3v) is 7.37. The Morgan fingerprint density at radius 2 is 1.61 bits per heavy atom. The van der Waals surface area contributed by atoms with E-state index in [1.54, 1.807) is 30.3 Å². The Kier molecular flexibility index (Phi) is 10.8. The first-order chi connectivity index (χ1) is 16.9. The van der Waals surface area contributed by atoms with E-state index < -0.39 is 28.5 Å². The fourth-order valence-corrected chi connectivity index (χ4v) is 5.01. The fourth-order valence-electron chi connectivity index (χ4n) is 3.95. The first kappa shape index (κ1) is 29.6. The molecule has 7 nitrogen and oxygen atoms in total. The second-order valence-corrected chi connectivity index (χ2v) is 12.0. The van der Waals surface area contributed by atoms with Crippen molar-refractivity contribution in [3.63, 3.8) is 0 Å². The predicted octanol–water partition coefficient (Wildman–Crippen LogP) is 4.81. The average molecular weight is 536 g/mol. The number of carbonyl (C=O) groups excluding carboxylic acids is 2. The Balaban J connectivity index is 2.50. The summed E-state index contributed by atoms with van der Waals surface area (Å²) in [6.45, 7) is 9.87. The van der Waals surface area contributed by atoms with E-state index in [0.29, 0.717) is 29.2 Å². The van der Waals surface area contributed by atoms with Crippen molar-refractivity contribution >= 4 is 39.1 Å². The summed E-state index contributed by atoms with van der Waals surface area (Å²) < 4.78 is 26.9. The number of anilines is 1. The van der Waals surface area contributed by atoms with Crippen molar-refractivity contribution in [3.8, 4) is 0 Å². The number of nitrogens with zero attached hydrogens (tertiary/aromatic N) is 2. The molecular weight excluding hydrogens is 498 g/mol. The quantitative estimate of drug-likeness (QED) is 0.422. The van der Waals surface area contributed by atoms with Crippen LogP contribution in [0.2, 0.25) is 5.02 Å². The maximum absolute atomic E-state index is 13.8. The molecule has 9 heteroatoms. The Bertz CT molecular complexity index is 1150. The van der Waals surface area contributed by atoms with Gasteiger partial charge in [0.1, 0.15) is 12.6 Å². The number of carbonyl (C=O) groups is 2. The summed E-state index contributed by atoms with van der Waals surface area (Å²) in [5.41, 5.74) is 1.95. The van der Waals surface area contributed by atoms with Crippen LogP contribution < -0.4 is 9.62 Å². The number of para-hydroxylation sites is 1. The zero-order valence-electron chi connectivity index (χ0n) is 22.0. The molecule has 2 rings (SSSR count). The van der Waals surface area contributed by atoms with E-state index in [4.69, 9.17) is 11.6 Å². The van der Waals surface area contributed by atoms with E-state index in [-0.39, 0.29) is 24.3 Å². The molecule has 0 fully saturated rings. The first-order valence-corrected chi connectivity index (χ1v) is 14.5. The summed E-state index contributed by atoms with van der Waals surface area (Å²) >= 11 is 6.39. The lowest BCUT2D eigenvalue weighted by molar-refractivity contribution is -0.140. The third kappa shape index (κ3) is 7.96. The maximum atomic E-state index is 13.8. The molecule has 2 aromatic rings. The lowest BCUT2D eigenvalue weighted by Crippen LogP contribution is -2.52. The number of hydrogen-bond acceptors (Lipinski definition) is 4. The molecule has 36 heavy (non-hydrogen) atoms.